The van der Waals surface area contributed by atoms with Gasteiger partial charge in [-0.25, -0.2) is 12.7 Å². The fraction of sp³-hybridized carbons (Fsp3) is 1.00. The molecule has 2 unspecified atom stereocenters. The van der Waals surface area contributed by atoms with Gasteiger partial charge in [0, 0.05) is 25.7 Å². The van der Waals surface area contributed by atoms with Crippen LogP contribution in [-0.2, 0) is 14.8 Å². The van der Waals surface area contributed by atoms with Crippen molar-refractivity contribution in [3.8, 4) is 0 Å². The van der Waals surface area contributed by atoms with Crippen LogP contribution in [0, 0.1) is 5.92 Å². The SMILES string of the molecule is NC(CS(=O)(=O)N1CCCC1)C1CCCOC1. The summed E-state index contributed by atoms with van der Waals surface area (Å²) >= 11 is 0. The van der Waals surface area contributed by atoms with Gasteiger partial charge in [0.05, 0.1) is 12.4 Å². The van der Waals surface area contributed by atoms with Crippen LogP contribution in [0.15, 0.2) is 0 Å². The first-order valence-corrected chi connectivity index (χ1v) is 8.01. The third kappa shape index (κ3) is 3.40. The lowest BCUT2D eigenvalue weighted by atomic mass is 9.96. The largest absolute Gasteiger partial charge is 0.381 e. The third-order valence-corrected chi connectivity index (χ3v) is 5.62. The predicted molar refractivity (Wildman–Crippen MR) is 66.1 cm³/mol. The average molecular weight is 262 g/mol. The van der Waals surface area contributed by atoms with Crippen LogP contribution in [0.4, 0.5) is 0 Å². The zero-order valence-electron chi connectivity index (χ0n) is 10.2. The summed E-state index contributed by atoms with van der Waals surface area (Å²) < 4.78 is 31.1. The smallest absolute Gasteiger partial charge is 0.215 e. The maximum absolute atomic E-state index is 12.1. The topological polar surface area (TPSA) is 72.6 Å². The van der Waals surface area contributed by atoms with E-state index in [9.17, 15) is 8.42 Å². The van der Waals surface area contributed by atoms with Crippen molar-refractivity contribution in [1.82, 2.24) is 4.31 Å². The van der Waals surface area contributed by atoms with Crippen LogP contribution < -0.4 is 5.73 Å². The molecule has 2 rings (SSSR count). The molecule has 2 atom stereocenters. The monoisotopic (exact) mass is 262 g/mol. The fourth-order valence-corrected chi connectivity index (χ4v) is 4.34. The van der Waals surface area contributed by atoms with Gasteiger partial charge in [-0.1, -0.05) is 0 Å². The number of nitrogens with zero attached hydrogens (tertiary/aromatic N) is 1. The van der Waals surface area contributed by atoms with Gasteiger partial charge in [0.15, 0.2) is 0 Å². The molecule has 0 spiro atoms. The molecular formula is C11H22N2O3S. The van der Waals surface area contributed by atoms with E-state index in [1.165, 1.54) is 0 Å². The standard InChI is InChI=1S/C11H22N2O3S/c12-11(10-4-3-7-16-8-10)9-17(14,15)13-5-1-2-6-13/h10-11H,1-9,12H2. The van der Waals surface area contributed by atoms with Gasteiger partial charge in [-0.15, -0.1) is 0 Å². The van der Waals surface area contributed by atoms with Crippen LogP contribution in [0.1, 0.15) is 25.7 Å². The molecule has 0 aromatic rings. The summed E-state index contributed by atoms with van der Waals surface area (Å²) in [4.78, 5) is 0. The first-order chi connectivity index (χ1) is 8.09. The number of ether oxygens (including phenoxy) is 1. The molecule has 17 heavy (non-hydrogen) atoms. The molecule has 0 saturated carbocycles. The van der Waals surface area contributed by atoms with E-state index in [2.05, 4.69) is 0 Å². The van der Waals surface area contributed by atoms with Gasteiger partial charge in [-0.05, 0) is 31.6 Å². The minimum atomic E-state index is -3.16. The number of sulfonamides is 1. The zero-order chi connectivity index (χ0) is 12.3. The average Bonchev–Trinajstić information content (AvgIpc) is 2.84. The maximum atomic E-state index is 12.1. The molecule has 0 aliphatic carbocycles. The van der Waals surface area contributed by atoms with Crippen molar-refractivity contribution in [2.24, 2.45) is 11.7 Å². The molecule has 0 radical (unpaired) electrons. The minimum Gasteiger partial charge on any atom is -0.381 e. The van der Waals surface area contributed by atoms with Crippen molar-refractivity contribution in [2.45, 2.75) is 31.7 Å². The lowest BCUT2D eigenvalue weighted by Gasteiger charge is -2.28. The van der Waals surface area contributed by atoms with Gasteiger partial charge in [-0.3, -0.25) is 0 Å². The summed E-state index contributed by atoms with van der Waals surface area (Å²) in [6, 6.07) is -0.291. The molecule has 5 nitrogen and oxygen atoms in total. The lowest BCUT2D eigenvalue weighted by molar-refractivity contribution is 0.0475. The normalized spacial score (nSPS) is 29.4. The van der Waals surface area contributed by atoms with Crippen molar-refractivity contribution in [3.63, 3.8) is 0 Å². The molecule has 2 saturated heterocycles. The highest BCUT2D eigenvalue weighted by Crippen LogP contribution is 2.20. The van der Waals surface area contributed by atoms with Gasteiger partial charge in [0.25, 0.3) is 0 Å². The number of hydrogen-bond acceptors (Lipinski definition) is 4. The highest BCUT2D eigenvalue weighted by atomic mass is 32.2. The van der Waals surface area contributed by atoms with Crippen LogP contribution in [0.2, 0.25) is 0 Å². The van der Waals surface area contributed by atoms with E-state index >= 15 is 0 Å². The summed E-state index contributed by atoms with van der Waals surface area (Å²) in [5.41, 5.74) is 6.02. The molecule has 2 N–H and O–H groups in total. The second kappa shape index (κ2) is 5.65. The molecule has 0 bridgehead atoms. The van der Waals surface area contributed by atoms with Gasteiger partial charge in [0.1, 0.15) is 0 Å². The van der Waals surface area contributed by atoms with E-state index in [4.69, 9.17) is 10.5 Å². The Morgan fingerprint density at radius 1 is 1.29 bits per heavy atom. The van der Waals surface area contributed by atoms with E-state index in [0.29, 0.717) is 19.7 Å². The molecule has 100 valence electrons. The Labute approximate surface area is 103 Å². The zero-order valence-corrected chi connectivity index (χ0v) is 11.0. The van der Waals surface area contributed by atoms with Crippen LogP contribution in [0.3, 0.4) is 0 Å². The van der Waals surface area contributed by atoms with Gasteiger partial charge >= 0.3 is 0 Å². The van der Waals surface area contributed by atoms with Crippen molar-refractivity contribution in [1.29, 1.82) is 0 Å². The second-order valence-electron chi connectivity index (χ2n) is 5.03. The van der Waals surface area contributed by atoms with Crippen LogP contribution in [0.25, 0.3) is 0 Å². The van der Waals surface area contributed by atoms with E-state index in [-0.39, 0.29) is 17.7 Å². The van der Waals surface area contributed by atoms with E-state index in [0.717, 1.165) is 32.3 Å². The molecule has 0 aromatic heterocycles. The molecule has 6 heteroatoms. The number of nitrogens with two attached hydrogens (primary N) is 1. The molecule has 2 fully saturated rings. The van der Waals surface area contributed by atoms with Gasteiger partial charge in [0.2, 0.25) is 10.0 Å². The number of rotatable bonds is 4. The van der Waals surface area contributed by atoms with E-state index in [1.807, 2.05) is 0 Å². The van der Waals surface area contributed by atoms with Gasteiger partial charge < -0.3 is 10.5 Å². The molecular weight excluding hydrogens is 240 g/mol. The Bertz CT molecular complexity index is 333. The maximum Gasteiger partial charge on any atom is 0.215 e. The highest BCUT2D eigenvalue weighted by molar-refractivity contribution is 7.89. The van der Waals surface area contributed by atoms with Crippen molar-refractivity contribution in [3.05, 3.63) is 0 Å². The quantitative estimate of drug-likeness (QED) is 0.783. The van der Waals surface area contributed by atoms with Crippen molar-refractivity contribution in [2.75, 3.05) is 32.1 Å². The lowest BCUT2D eigenvalue weighted by Crippen LogP contribution is -2.44. The first kappa shape index (κ1) is 13.3. The van der Waals surface area contributed by atoms with Crippen LogP contribution >= 0.6 is 0 Å². The fourth-order valence-electron chi connectivity index (χ4n) is 2.55. The first-order valence-electron chi connectivity index (χ1n) is 6.41. The van der Waals surface area contributed by atoms with Crippen LogP contribution in [-0.4, -0.2) is 50.8 Å². The molecule has 0 aromatic carbocycles. The summed E-state index contributed by atoms with van der Waals surface area (Å²) in [5, 5.41) is 0. The predicted octanol–water partition coefficient (Wildman–Crippen LogP) is 0.166. The number of hydrogen-bond donors (Lipinski definition) is 1. The summed E-state index contributed by atoms with van der Waals surface area (Å²) in [6.45, 7) is 2.71. The summed E-state index contributed by atoms with van der Waals surface area (Å²) in [5.74, 6) is 0.266. The Balaban J connectivity index is 1.90. The molecule has 2 aliphatic heterocycles. The van der Waals surface area contributed by atoms with Crippen molar-refractivity contribution >= 4 is 10.0 Å². The highest BCUT2D eigenvalue weighted by Gasteiger charge is 2.31. The van der Waals surface area contributed by atoms with E-state index in [1.54, 1.807) is 4.31 Å². The molecule has 2 aliphatic rings. The van der Waals surface area contributed by atoms with Gasteiger partial charge in [-0.2, -0.15) is 0 Å². The van der Waals surface area contributed by atoms with Crippen LogP contribution in [0.5, 0.6) is 0 Å². The minimum absolute atomic E-state index is 0.0705. The molecule has 2 heterocycles. The summed E-state index contributed by atoms with van der Waals surface area (Å²) in [7, 11) is -3.16. The Kier molecular flexibility index (Phi) is 4.41. The second-order valence-corrected chi connectivity index (χ2v) is 7.04. The Morgan fingerprint density at radius 2 is 2.00 bits per heavy atom. The Hall–Kier alpha value is -0.170. The molecule has 0 amide bonds. The Morgan fingerprint density at radius 3 is 2.59 bits per heavy atom. The third-order valence-electron chi connectivity index (χ3n) is 3.66. The van der Waals surface area contributed by atoms with E-state index < -0.39 is 10.0 Å². The van der Waals surface area contributed by atoms with Crippen molar-refractivity contribution < 1.29 is 13.2 Å². The summed E-state index contributed by atoms with van der Waals surface area (Å²) in [6.07, 6.45) is 3.92.